The molecule has 5 nitrogen and oxygen atoms in total. The van der Waals surface area contributed by atoms with Crippen molar-refractivity contribution in [2.45, 2.75) is 25.8 Å². The number of fused-ring (bicyclic) bond motifs is 1. The average Bonchev–Trinajstić information content (AvgIpc) is 3.45. The Balaban J connectivity index is 2.11. The maximum Gasteiger partial charge on any atom is 0.278 e. The Bertz CT molecular complexity index is 1150. The van der Waals surface area contributed by atoms with E-state index in [-0.39, 0.29) is 28.5 Å². The van der Waals surface area contributed by atoms with Crippen LogP contribution in [0.3, 0.4) is 0 Å². The van der Waals surface area contributed by atoms with Crippen LogP contribution < -0.4 is 21.8 Å². The number of rotatable bonds is 3. The number of nitrogens with two attached hydrogens (primary N) is 2. The zero-order valence-electron chi connectivity index (χ0n) is 15.0. The van der Waals surface area contributed by atoms with Crippen molar-refractivity contribution in [2.24, 2.45) is 0 Å². The summed E-state index contributed by atoms with van der Waals surface area (Å²) in [6, 6.07) is 5.49. The number of aromatic nitrogens is 1. The highest BCUT2D eigenvalue weighted by atomic mass is 19.1. The number of nitrogen functional groups attached to an aromatic ring is 2. The smallest absolute Gasteiger partial charge is 0.278 e. The van der Waals surface area contributed by atoms with Crippen molar-refractivity contribution in [1.82, 2.24) is 4.57 Å². The van der Waals surface area contributed by atoms with Crippen molar-refractivity contribution in [2.75, 3.05) is 18.6 Å². The summed E-state index contributed by atoms with van der Waals surface area (Å²) in [5.41, 5.74) is 12.8. The van der Waals surface area contributed by atoms with Gasteiger partial charge in [0.05, 0.1) is 18.3 Å². The van der Waals surface area contributed by atoms with Gasteiger partial charge >= 0.3 is 0 Å². The second-order valence-electron chi connectivity index (χ2n) is 6.84. The van der Waals surface area contributed by atoms with E-state index in [9.17, 15) is 13.6 Å². The minimum atomic E-state index is -0.694. The highest BCUT2D eigenvalue weighted by Crippen LogP contribution is 2.42. The number of hydrogen-bond donors (Lipinski definition) is 2. The second-order valence-corrected chi connectivity index (χ2v) is 6.84. The number of pyridine rings is 1. The van der Waals surface area contributed by atoms with Crippen molar-refractivity contribution in [3.05, 3.63) is 51.8 Å². The van der Waals surface area contributed by atoms with E-state index in [1.54, 1.807) is 23.6 Å². The van der Waals surface area contributed by atoms with Gasteiger partial charge < -0.3 is 20.8 Å². The van der Waals surface area contributed by atoms with Crippen LogP contribution in [0.5, 0.6) is 5.75 Å². The quantitative estimate of drug-likeness (QED) is 0.687. The molecule has 1 aliphatic rings. The molecular formula is C20H19F2N3O2. The van der Waals surface area contributed by atoms with Crippen LogP contribution >= 0.6 is 0 Å². The molecular weight excluding hydrogens is 352 g/mol. The third-order valence-electron chi connectivity index (χ3n) is 5.10. The van der Waals surface area contributed by atoms with Gasteiger partial charge in [0.2, 0.25) is 0 Å². The molecule has 140 valence electrons. The minimum Gasteiger partial charge on any atom is -0.494 e. The molecule has 27 heavy (non-hydrogen) atoms. The number of nitrogens with zero attached hydrogens (tertiary/aromatic N) is 1. The van der Waals surface area contributed by atoms with Gasteiger partial charge in [-0.05, 0) is 43.0 Å². The molecule has 4 rings (SSSR count). The first-order valence-electron chi connectivity index (χ1n) is 8.61. The van der Waals surface area contributed by atoms with Crippen LogP contribution in [0, 0.1) is 18.6 Å². The lowest BCUT2D eigenvalue weighted by molar-refractivity contribution is 0.420. The highest BCUT2D eigenvalue weighted by molar-refractivity contribution is 5.96. The van der Waals surface area contributed by atoms with Gasteiger partial charge in [0.15, 0.2) is 5.75 Å². The number of ether oxygens (including phenoxy) is 1. The second kappa shape index (κ2) is 5.97. The van der Waals surface area contributed by atoms with Gasteiger partial charge in [-0.2, -0.15) is 0 Å². The maximum absolute atomic E-state index is 14.5. The van der Waals surface area contributed by atoms with Crippen LogP contribution in [0.15, 0.2) is 29.1 Å². The Morgan fingerprint density at radius 1 is 1.11 bits per heavy atom. The van der Waals surface area contributed by atoms with E-state index in [2.05, 4.69) is 0 Å². The van der Waals surface area contributed by atoms with Crippen molar-refractivity contribution in [3.63, 3.8) is 0 Å². The van der Waals surface area contributed by atoms with Crippen molar-refractivity contribution < 1.29 is 13.5 Å². The van der Waals surface area contributed by atoms with Gasteiger partial charge in [-0.15, -0.1) is 0 Å². The van der Waals surface area contributed by atoms with Crippen LogP contribution in [0.2, 0.25) is 0 Å². The number of hydrogen-bond acceptors (Lipinski definition) is 4. The molecule has 0 radical (unpaired) electrons. The first kappa shape index (κ1) is 17.3. The number of aryl methyl sites for hydroxylation is 1. The summed E-state index contributed by atoms with van der Waals surface area (Å²) in [6.45, 7) is 1.78. The fourth-order valence-electron chi connectivity index (χ4n) is 3.63. The van der Waals surface area contributed by atoms with E-state index < -0.39 is 11.6 Å². The van der Waals surface area contributed by atoms with Gasteiger partial charge in [-0.25, -0.2) is 8.78 Å². The van der Waals surface area contributed by atoms with E-state index in [1.165, 1.54) is 7.11 Å². The zero-order chi connectivity index (χ0) is 19.5. The van der Waals surface area contributed by atoms with Gasteiger partial charge in [0.25, 0.3) is 5.56 Å². The van der Waals surface area contributed by atoms with Crippen LogP contribution in [0.25, 0.3) is 22.0 Å². The standard InChI is InChI=1S/C20H19F2N3O2/c1-9-11(13-7-15(22)16(23)8-14(13)21)5-6-12-18(9)25(10-3-4-10)20(26)17(24)19(12)27-2/h5-8,10H,3-4,23-24H2,1-2H3. The summed E-state index contributed by atoms with van der Waals surface area (Å²) in [5.74, 6) is -1.02. The fourth-order valence-corrected chi connectivity index (χ4v) is 3.63. The van der Waals surface area contributed by atoms with Crippen molar-refractivity contribution in [3.8, 4) is 16.9 Å². The SMILES string of the molecule is COc1c(N)c(=O)n(C2CC2)c2c(C)c(-c3cc(F)c(N)cc3F)ccc12. The first-order valence-corrected chi connectivity index (χ1v) is 8.61. The monoisotopic (exact) mass is 371 g/mol. The number of methoxy groups -OCH3 is 1. The Kier molecular flexibility index (Phi) is 3.83. The molecule has 0 aliphatic heterocycles. The summed E-state index contributed by atoms with van der Waals surface area (Å²) in [4.78, 5) is 12.8. The third-order valence-corrected chi connectivity index (χ3v) is 5.10. The number of anilines is 2. The van der Waals surface area contributed by atoms with Gasteiger partial charge in [0, 0.05) is 23.1 Å². The predicted octanol–water partition coefficient (Wildman–Crippen LogP) is 3.76. The molecule has 1 aromatic heterocycles. The molecule has 0 unspecified atom stereocenters. The van der Waals surface area contributed by atoms with Gasteiger partial charge in [-0.1, -0.05) is 6.07 Å². The molecule has 2 aromatic carbocycles. The average molecular weight is 371 g/mol. The largest absolute Gasteiger partial charge is 0.494 e. The van der Waals surface area contributed by atoms with Gasteiger partial charge in [-0.3, -0.25) is 4.79 Å². The van der Waals surface area contributed by atoms with E-state index in [0.717, 1.165) is 25.0 Å². The summed E-state index contributed by atoms with van der Waals surface area (Å²) >= 11 is 0. The third kappa shape index (κ3) is 2.53. The summed E-state index contributed by atoms with van der Waals surface area (Å²) in [7, 11) is 1.45. The molecule has 1 fully saturated rings. The molecule has 0 spiro atoms. The fraction of sp³-hybridized carbons (Fsp3) is 0.250. The zero-order valence-corrected chi connectivity index (χ0v) is 15.0. The Hall–Kier alpha value is -3.09. The predicted molar refractivity (Wildman–Crippen MR) is 102 cm³/mol. The number of halogens is 2. The van der Waals surface area contributed by atoms with E-state index in [0.29, 0.717) is 27.8 Å². The van der Waals surface area contributed by atoms with Crippen LogP contribution in [0.1, 0.15) is 24.4 Å². The summed E-state index contributed by atoms with van der Waals surface area (Å²) in [5, 5.41) is 0.666. The molecule has 0 amide bonds. The normalized spacial score (nSPS) is 13.9. The van der Waals surface area contributed by atoms with E-state index in [1.807, 2.05) is 0 Å². The Labute approximate surface area is 154 Å². The van der Waals surface area contributed by atoms with Crippen LogP contribution in [-0.4, -0.2) is 11.7 Å². The maximum atomic E-state index is 14.5. The van der Waals surface area contributed by atoms with Crippen LogP contribution in [0.4, 0.5) is 20.2 Å². The summed E-state index contributed by atoms with van der Waals surface area (Å²) in [6.07, 6.45) is 1.74. The molecule has 3 aromatic rings. The summed E-state index contributed by atoms with van der Waals surface area (Å²) < 4.78 is 35.5. The lowest BCUT2D eigenvalue weighted by Crippen LogP contribution is -2.24. The Morgan fingerprint density at radius 2 is 1.81 bits per heavy atom. The lowest BCUT2D eigenvalue weighted by atomic mass is 9.96. The molecule has 0 bridgehead atoms. The van der Waals surface area contributed by atoms with Crippen LogP contribution in [-0.2, 0) is 0 Å². The Morgan fingerprint density at radius 3 is 2.44 bits per heavy atom. The molecule has 1 heterocycles. The van der Waals surface area contributed by atoms with Gasteiger partial charge in [0.1, 0.15) is 17.3 Å². The molecule has 1 aliphatic carbocycles. The molecule has 4 N–H and O–H groups in total. The topological polar surface area (TPSA) is 83.3 Å². The first-order chi connectivity index (χ1) is 12.8. The minimum absolute atomic E-state index is 0.0498. The van der Waals surface area contributed by atoms with E-state index in [4.69, 9.17) is 16.2 Å². The number of benzene rings is 2. The van der Waals surface area contributed by atoms with Crippen molar-refractivity contribution in [1.29, 1.82) is 0 Å². The highest BCUT2D eigenvalue weighted by Gasteiger charge is 2.30. The molecule has 0 saturated heterocycles. The van der Waals surface area contributed by atoms with E-state index >= 15 is 0 Å². The lowest BCUT2D eigenvalue weighted by Gasteiger charge is -2.19. The molecule has 1 saturated carbocycles. The molecule has 7 heteroatoms. The van der Waals surface area contributed by atoms with Crippen molar-refractivity contribution >= 4 is 22.3 Å². The molecule has 0 atom stereocenters.